The molecule has 3 aromatic carbocycles. The second kappa shape index (κ2) is 14.4. The average Bonchev–Trinajstić information content (AvgIpc) is 3.10. The topological polar surface area (TPSA) is 116 Å². The Morgan fingerprint density at radius 1 is 0.783 bits per heavy atom. The minimum atomic E-state index is -3.98. The second-order valence-corrected chi connectivity index (χ2v) is 12.6. The van der Waals surface area contributed by atoms with Crippen molar-refractivity contribution in [3.05, 3.63) is 67.0 Å². The third kappa shape index (κ3) is 7.38. The van der Waals surface area contributed by atoms with Gasteiger partial charge in [0, 0.05) is 63.0 Å². The van der Waals surface area contributed by atoms with Crippen LogP contribution in [0.2, 0.25) is 0 Å². The van der Waals surface area contributed by atoms with Gasteiger partial charge in [0.05, 0.1) is 39.6 Å². The predicted molar refractivity (Wildman–Crippen MR) is 175 cm³/mol. The van der Waals surface area contributed by atoms with Crippen LogP contribution in [0, 0.1) is 0 Å². The largest absolute Gasteiger partial charge is 0.497 e. The lowest BCUT2D eigenvalue weighted by Crippen LogP contribution is -2.46. The van der Waals surface area contributed by atoms with Crippen molar-refractivity contribution in [3.63, 3.8) is 0 Å². The number of rotatable bonds is 12. The summed E-state index contributed by atoms with van der Waals surface area (Å²) in [6.45, 7) is 7.97. The maximum Gasteiger partial charge on any atom is 0.339 e. The highest BCUT2D eigenvalue weighted by Gasteiger charge is 2.23. The molecule has 2 aliphatic rings. The molecule has 0 radical (unpaired) electrons. The molecule has 1 aromatic heterocycles. The number of benzene rings is 3. The van der Waals surface area contributed by atoms with E-state index in [0.29, 0.717) is 23.9 Å². The number of anilines is 2. The number of hydrogen-bond donors (Lipinski definition) is 0. The average molecular weight is 650 g/mol. The van der Waals surface area contributed by atoms with Crippen molar-refractivity contribution in [2.75, 3.05) is 89.7 Å². The molecule has 4 aromatic rings. The van der Waals surface area contributed by atoms with Crippen molar-refractivity contribution < 1.29 is 31.5 Å². The maximum atomic E-state index is 12.8. The van der Waals surface area contributed by atoms with Crippen LogP contribution >= 0.6 is 0 Å². The Morgan fingerprint density at radius 3 is 2.17 bits per heavy atom. The first kappa shape index (κ1) is 31.6. The third-order valence-electron chi connectivity index (χ3n) is 8.21. The zero-order valence-electron chi connectivity index (χ0n) is 26.1. The summed E-state index contributed by atoms with van der Waals surface area (Å²) in [4.78, 5) is 16.1. The van der Waals surface area contributed by atoms with Crippen molar-refractivity contribution in [1.29, 1.82) is 0 Å². The molecule has 12 nitrogen and oxygen atoms in total. The first-order valence-corrected chi connectivity index (χ1v) is 16.8. The van der Waals surface area contributed by atoms with E-state index in [1.807, 2.05) is 24.3 Å². The number of aromatic nitrogens is 2. The Labute approximate surface area is 269 Å². The highest BCUT2D eigenvalue weighted by Crippen LogP contribution is 2.35. The lowest BCUT2D eigenvalue weighted by atomic mass is 10.1. The highest BCUT2D eigenvalue weighted by molar-refractivity contribution is 7.87. The number of hydrogen-bond acceptors (Lipinski definition) is 12. The lowest BCUT2D eigenvalue weighted by Gasteiger charge is -2.37. The molecule has 2 saturated heterocycles. The van der Waals surface area contributed by atoms with E-state index in [9.17, 15) is 8.42 Å². The van der Waals surface area contributed by atoms with Gasteiger partial charge in [0.15, 0.2) is 11.5 Å². The van der Waals surface area contributed by atoms with Crippen molar-refractivity contribution >= 4 is 32.5 Å². The van der Waals surface area contributed by atoms with Crippen LogP contribution in [0.25, 0.3) is 10.9 Å². The minimum Gasteiger partial charge on any atom is -0.497 e. The Bertz CT molecular complexity index is 1710. The second-order valence-electron chi connectivity index (χ2n) is 11.1. The smallest absolute Gasteiger partial charge is 0.339 e. The maximum absolute atomic E-state index is 12.8. The van der Waals surface area contributed by atoms with Gasteiger partial charge in [0.1, 0.15) is 28.5 Å². The molecule has 0 N–H and O–H groups in total. The monoisotopic (exact) mass is 649 g/mol. The number of piperazine rings is 1. The van der Waals surface area contributed by atoms with Gasteiger partial charge in [-0.2, -0.15) is 8.42 Å². The fourth-order valence-corrected chi connectivity index (χ4v) is 6.61. The summed E-state index contributed by atoms with van der Waals surface area (Å²) in [6, 6.07) is 17.1. The minimum absolute atomic E-state index is 0.0905. The summed E-state index contributed by atoms with van der Waals surface area (Å²) in [7, 11) is -0.791. The van der Waals surface area contributed by atoms with Crippen LogP contribution in [0.1, 0.15) is 6.42 Å². The van der Waals surface area contributed by atoms with Gasteiger partial charge in [-0.1, -0.05) is 0 Å². The van der Waals surface area contributed by atoms with Crippen LogP contribution in [0.4, 0.5) is 11.5 Å². The molecule has 0 unspecified atom stereocenters. The molecular formula is C33H39N5O7S. The van der Waals surface area contributed by atoms with Crippen molar-refractivity contribution in [1.82, 2.24) is 14.9 Å². The van der Waals surface area contributed by atoms with Gasteiger partial charge < -0.3 is 32.9 Å². The highest BCUT2D eigenvalue weighted by atomic mass is 32.2. The van der Waals surface area contributed by atoms with E-state index in [0.717, 1.165) is 87.9 Å². The Hall–Kier alpha value is -4.33. The third-order valence-corrected chi connectivity index (χ3v) is 9.48. The van der Waals surface area contributed by atoms with Crippen LogP contribution in [0.3, 0.4) is 0 Å². The quantitative estimate of drug-likeness (QED) is 0.164. The fourth-order valence-electron chi connectivity index (χ4n) is 5.68. The van der Waals surface area contributed by atoms with Crippen LogP contribution in [0.15, 0.2) is 71.9 Å². The predicted octanol–water partition coefficient (Wildman–Crippen LogP) is 3.84. The van der Waals surface area contributed by atoms with Gasteiger partial charge in [-0.25, -0.2) is 9.97 Å². The Balaban J connectivity index is 1.09. The van der Waals surface area contributed by atoms with Crippen molar-refractivity contribution in [2.24, 2.45) is 0 Å². The standard InChI is InChI=1S/C33H39N5O7S/c1-41-26-6-8-27(9-7-26)45-46(39,40)28-10-4-25(5-11-28)37-13-15-38(16-14-37)33-29-22-32(31(42-2)23-30(29)34-24-35-33)44-19-3-12-36-17-20-43-21-18-36/h4-11,22-24H,3,12-21H2,1-2H3. The molecular weight excluding hydrogens is 610 g/mol. The van der Waals surface area contributed by atoms with E-state index >= 15 is 0 Å². The summed E-state index contributed by atoms with van der Waals surface area (Å²) >= 11 is 0. The molecule has 0 aliphatic carbocycles. The molecule has 0 bridgehead atoms. The fraction of sp³-hybridized carbons (Fsp3) is 0.394. The zero-order chi connectivity index (χ0) is 31.9. The molecule has 0 atom stereocenters. The van der Waals surface area contributed by atoms with Gasteiger partial charge in [-0.15, -0.1) is 0 Å². The van der Waals surface area contributed by atoms with E-state index in [-0.39, 0.29) is 10.6 Å². The van der Waals surface area contributed by atoms with Crippen molar-refractivity contribution in [2.45, 2.75) is 11.3 Å². The normalized spacial score (nSPS) is 16.0. The van der Waals surface area contributed by atoms with E-state index in [1.165, 1.54) is 0 Å². The molecule has 2 fully saturated rings. The van der Waals surface area contributed by atoms with Crippen molar-refractivity contribution in [3.8, 4) is 23.0 Å². The van der Waals surface area contributed by atoms with Crippen LogP contribution in [-0.4, -0.2) is 103 Å². The lowest BCUT2D eigenvalue weighted by molar-refractivity contribution is 0.0357. The SMILES string of the molecule is COc1ccc(OS(=O)(=O)c2ccc(N3CCN(c4ncnc5cc(OC)c(OCCCN6CCOCC6)cc45)CC3)cc2)cc1. The van der Waals surface area contributed by atoms with Crippen LogP contribution in [-0.2, 0) is 14.9 Å². The van der Waals surface area contributed by atoms with Crippen LogP contribution in [0.5, 0.6) is 23.0 Å². The van der Waals surface area contributed by atoms with Gasteiger partial charge in [0.25, 0.3) is 0 Å². The number of methoxy groups -OCH3 is 2. The molecule has 0 saturated carbocycles. The molecule has 6 rings (SSSR count). The van der Waals surface area contributed by atoms with E-state index in [4.69, 9.17) is 23.1 Å². The number of morpholine rings is 1. The molecule has 13 heteroatoms. The summed E-state index contributed by atoms with van der Waals surface area (Å²) in [5.74, 6) is 3.01. The Morgan fingerprint density at radius 2 is 1.48 bits per heavy atom. The van der Waals surface area contributed by atoms with E-state index < -0.39 is 10.1 Å². The number of nitrogens with zero attached hydrogens (tertiary/aromatic N) is 5. The first-order valence-electron chi connectivity index (χ1n) is 15.4. The van der Waals surface area contributed by atoms with Gasteiger partial charge in [-0.05, 0) is 61.0 Å². The molecule has 0 amide bonds. The summed E-state index contributed by atoms with van der Waals surface area (Å²) in [5, 5.41) is 0.909. The molecule has 0 spiro atoms. The van der Waals surface area contributed by atoms with Gasteiger partial charge in [0.2, 0.25) is 0 Å². The first-order chi connectivity index (χ1) is 22.4. The zero-order valence-corrected chi connectivity index (χ0v) is 26.9. The van der Waals surface area contributed by atoms with Crippen LogP contribution < -0.4 is 28.2 Å². The molecule has 3 heterocycles. The molecule has 244 valence electrons. The number of fused-ring (bicyclic) bond motifs is 1. The Kier molecular flexibility index (Phi) is 9.91. The summed E-state index contributed by atoms with van der Waals surface area (Å²) < 4.78 is 53.4. The molecule has 46 heavy (non-hydrogen) atoms. The summed E-state index contributed by atoms with van der Waals surface area (Å²) in [5.41, 5.74) is 1.73. The molecule has 2 aliphatic heterocycles. The van der Waals surface area contributed by atoms with Gasteiger partial charge >= 0.3 is 10.1 Å². The number of ether oxygens (including phenoxy) is 4. The summed E-state index contributed by atoms with van der Waals surface area (Å²) in [6.07, 6.45) is 2.49. The van der Waals surface area contributed by atoms with E-state index in [2.05, 4.69) is 24.7 Å². The van der Waals surface area contributed by atoms with Gasteiger partial charge in [-0.3, -0.25) is 4.90 Å². The van der Waals surface area contributed by atoms with E-state index in [1.54, 1.807) is 56.9 Å².